The molecule has 0 spiro atoms. The summed E-state index contributed by atoms with van der Waals surface area (Å²) in [5.74, 6) is 0.0798. The Morgan fingerprint density at radius 1 is 1.05 bits per heavy atom. The summed E-state index contributed by atoms with van der Waals surface area (Å²) in [5.41, 5.74) is 4.80. The lowest BCUT2D eigenvalue weighted by atomic mass is 9.98. The molecule has 0 aliphatic heterocycles. The van der Waals surface area contributed by atoms with Gasteiger partial charge >= 0.3 is 0 Å². The highest BCUT2D eigenvalue weighted by molar-refractivity contribution is 5.76. The summed E-state index contributed by atoms with van der Waals surface area (Å²) in [5, 5.41) is 2.95. The van der Waals surface area contributed by atoms with Gasteiger partial charge in [0.05, 0.1) is 0 Å². The fourth-order valence-electron chi connectivity index (χ4n) is 2.43. The highest BCUT2D eigenvalue weighted by Gasteiger charge is 2.06. The van der Waals surface area contributed by atoms with Crippen LogP contribution in [0.1, 0.15) is 24.5 Å². The van der Waals surface area contributed by atoms with Gasteiger partial charge in [0.1, 0.15) is 0 Å². The van der Waals surface area contributed by atoms with Gasteiger partial charge in [0.15, 0.2) is 0 Å². The number of benzene rings is 2. The van der Waals surface area contributed by atoms with Crippen molar-refractivity contribution in [3.8, 4) is 11.1 Å². The van der Waals surface area contributed by atoms with Gasteiger partial charge in [-0.1, -0.05) is 55.5 Å². The van der Waals surface area contributed by atoms with Gasteiger partial charge in [0, 0.05) is 19.5 Å². The predicted octanol–water partition coefficient (Wildman–Crippen LogP) is 3.44. The van der Waals surface area contributed by atoms with Gasteiger partial charge in [-0.15, -0.1) is 0 Å². The molecular formula is C19H24N2O. The molecule has 0 unspecified atom stereocenters. The largest absolute Gasteiger partial charge is 0.352 e. The van der Waals surface area contributed by atoms with E-state index < -0.39 is 0 Å². The number of hydrogen-bond acceptors (Lipinski definition) is 2. The molecule has 2 aromatic carbocycles. The van der Waals surface area contributed by atoms with Gasteiger partial charge < -0.3 is 10.2 Å². The second kappa shape index (κ2) is 7.76. The predicted molar refractivity (Wildman–Crippen MR) is 91.4 cm³/mol. The first-order valence-corrected chi connectivity index (χ1v) is 7.68. The number of carbonyl (C=O) groups excluding carboxylic acids is 1. The quantitative estimate of drug-likeness (QED) is 0.885. The summed E-state index contributed by atoms with van der Waals surface area (Å²) in [7, 11) is 4.14. The summed E-state index contributed by atoms with van der Waals surface area (Å²) >= 11 is 0. The average Bonchev–Trinajstić information content (AvgIpc) is 2.53. The van der Waals surface area contributed by atoms with E-state index >= 15 is 0 Å². The van der Waals surface area contributed by atoms with Gasteiger partial charge in [-0.2, -0.15) is 0 Å². The highest BCUT2D eigenvalue weighted by Crippen LogP contribution is 2.24. The summed E-state index contributed by atoms with van der Waals surface area (Å²) in [6.07, 6.45) is 0.515. The van der Waals surface area contributed by atoms with Crippen LogP contribution in [0.25, 0.3) is 11.1 Å². The van der Waals surface area contributed by atoms with Crippen molar-refractivity contribution in [2.75, 3.05) is 14.1 Å². The van der Waals surface area contributed by atoms with E-state index in [1.165, 1.54) is 16.7 Å². The molecule has 22 heavy (non-hydrogen) atoms. The number of amides is 1. The molecule has 0 aromatic heterocycles. The Morgan fingerprint density at radius 2 is 1.73 bits per heavy atom. The number of rotatable bonds is 6. The van der Waals surface area contributed by atoms with E-state index in [2.05, 4.69) is 60.7 Å². The summed E-state index contributed by atoms with van der Waals surface area (Å²) < 4.78 is 0. The summed E-state index contributed by atoms with van der Waals surface area (Å²) in [6.45, 7) is 3.38. The maximum atomic E-state index is 11.5. The maximum Gasteiger partial charge on any atom is 0.219 e. The van der Waals surface area contributed by atoms with Crippen LogP contribution in [0.4, 0.5) is 0 Å². The molecule has 0 bridgehead atoms. The summed E-state index contributed by atoms with van der Waals surface area (Å²) in [6, 6.07) is 16.9. The number of nitrogens with one attached hydrogen (secondary N) is 1. The normalized spacial score (nSPS) is 10.7. The van der Waals surface area contributed by atoms with Crippen LogP contribution < -0.4 is 5.32 Å². The zero-order chi connectivity index (χ0) is 15.9. The van der Waals surface area contributed by atoms with Gasteiger partial charge in [0.2, 0.25) is 5.91 Å². The first kappa shape index (κ1) is 16.2. The minimum Gasteiger partial charge on any atom is -0.352 e. The van der Waals surface area contributed by atoms with E-state index in [0.717, 1.165) is 12.1 Å². The lowest BCUT2D eigenvalue weighted by Gasteiger charge is -2.13. The first-order chi connectivity index (χ1) is 10.6. The Morgan fingerprint density at radius 3 is 2.36 bits per heavy atom. The van der Waals surface area contributed by atoms with Gasteiger partial charge in [-0.3, -0.25) is 4.79 Å². The Hall–Kier alpha value is -2.13. The molecule has 2 aromatic rings. The number of carbonyl (C=O) groups is 1. The Kier molecular flexibility index (Phi) is 5.73. The zero-order valence-electron chi connectivity index (χ0n) is 13.6. The molecule has 1 N–H and O–H groups in total. The van der Waals surface area contributed by atoms with Crippen LogP contribution in [-0.2, 0) is 17.9 Å². The van der Waals surface area contributed by atoms with E-state index in [4.69, 9.17) is 0 Å². The highest BCUT2D eigenvalue weighted by atomic mass is 16.1. The molecule has 0 aliphatic carbocycles. The fourth-order valence-corrected chi connectivity index (χ4v) is 2.43. The van der Waals surface area contributed by atoms with Crippen LogP contribution in [0.5, 0.6) is 0 Å². The van der Waals surface area contributed by atoms with Crippen molar-refractivity contribution < 1.29 is 4.79 Å². The zero-order valence-corrected chi connectivity index (χ0v) is 13.6. The molecular weight excluding hydrogens is 272 g/mol. The van der Waals surface area contributed by atoms with Crippen molar-refractivity contribution in [1.29, 1.82) is 0 Å². The van der Waals surface area contributed by atoms with Crippen molar-refractivity contribution in [3.63, 3.8) is 0 Å². The lowest BCUT2D eigenvalue weighted by Crippen LogP contribution is -2.21. The molecule has 0 saturated heterocycles. The standard InChI is InChI=1S/C19H24N2O/c1-4-19(22)20-13-17-7-5-6-8-18(17)16-11-9-15(10-12-16)14-21(2)3/h5-12H,4,13-14H2,1-3H3,(H,20,22). The first-order valence-electron chi connectivity index (χ1n) is 7.68. The van der Waals surface area contributed by atoms with Crippen LogP contribution >= 0.6 is 0 Å². The molecule has 0 atom stereocenters. The molecule has 0 aliphatic rings. The molecule has 2 rings (SSSR count). The monoisotopic (exact) mass is 296 g/mol. The molecule has 0 fully saturated rings. The molecule has 3 nitrogen and oxygen atoms in total. The smallest absolute Gasteiger partial charge is 0.219 e. The second-order valence-electron chi connectivity index (χ2n) is 5.72. The van der Waals surface area contributed by atoms with E-state index in [9.17, 15) is 4.79 Å². The van der Waals surface area contributed by atoms with Gasteiger partial charge in [-0.05, 0) is 36.3 Å². The van der Waals surface area contributed by atoms with E-state index in [-0.39, 0.29) is 5.91 Å². The van der Waals surface area contributed by atoms with Crippen LogP contribution in [0.3, 0.4) is 0 Å². The van der Waals surface area contributed by atoms with Crippen molar-refractivity contribution in [2.45, 2.75) is 26.4 Å². The van der Waals surface area contributed by atoms with Crippen LogP contribution in [0.2, 0.25) is 0 Å². The lowest BCUT2D eigenvalue weighted by molar-refractivity contribution is -0.120. The van der Waals surface area contributed by atoms with Gasteiger partial charge in [-0.25, -0.2) is 0 Å². The van der Waals surface area contributed by atoms with Crippen LogP contribution in [0.15, 0.2) is 48.5 Å². The van der Waals surface area contributed by atoms with Crippen molar-refractivity contribution in [2.24, 2.45) is 0 Å². The SMILES string of the molecule is CCC(=O)NCc1ccccc1-c1ccc(CN(C)C)cc1. The van der Waals surface area contributed by atoms with E-state index in [1.807, 2.05) is 19.1 Å². The Labute approximate surface area is 133 Å². The third-order valence-electron chi connectivity index (χ3n) is 3.58. The van der Waals surface area contributed by atoms with Crippen molar-refractivity contribution >= 4 is 5.91 Å². The summed E-state index contributed by atoms with van der Waals surface area (Å²) in [4.78, 5) is 13.6. The molecule has 116 valence electrons. The van der Waals surface area contributed by atoms with Crippen LogP contribution in [-0.4, -0.2) is 24.9 Å². The van der Waals surface area contributed by atoms with E-state index in [1.54, 1.807) is 0 Å². The Balaban J connectivity index is 2.19. The average molecular weight is 296 g/mol. The second-order valence-corrected chi connectivity index (χ2v) is 5.72. The van der Waals surface area contributed by atoms with Crippen LogP contribution in [0, 0.1) is 0 Å². The number of hydrogen-bond donors (Lipinski definition) is 1. The molecule has 3 heteroatoms. The maximum absolute atomic E-state index is 11.5. The minimum atomic E-state index is 0.0798. The van der Waals surface area contributed by atoms with Crippen molar-refractivity contribution in [1.82, 2.24) is 10.2 Å². The van der Waals surface area contributed by atoms with E-state index in [0.29, 0.717) is 13.0 Å². The van der Waals surface area contributed by atoms with Crippen molar-refractivity contribution in [3.05, 3.63) is 59.7 Å². The topological polar surface area (TPSA) is 32.3 Å². The molecule has 0 heterocycles. The number of nitrogens with zero attached hydrogens (tertiary/aromatic N) is 1. The third-order valence-corrected chi connectivity index (χ3v) is 3.58. The third kappa shape index (κ3) is 4.43. The molecule has 1 amide bonds. The molecule has 0 saturated carbocycles. The fraction of sp³-hybridized carbons (Fsp3) is 0.316. The Bertz CT molecular complexity index is 618. The van der Waals surface area contributed by atoms with Gasteiger partial charge in [0.25, 0.3) is 0 Å². The minimum absolute atomic E-state index is 0.0798. The molecule has 0 radical (unpaired) electrons.